The zero-order chi connectivity index (χ0) is 17.3. The van der Waals surface area contributed by atoms with Gasteiger partial charge in [-0.15, -0.1) is 0 Å². The summed E-state index contributed by atoms with van der Waals surface area (Å²) in [5.74, 6) is -0.385. The number of nitrogens with one attached hydrogen (secondary N) is 1. The highest BCUT2D eigenvalue weighted by atomic mass is 16.2. The van der Waals surface area contributed by atoms with E-state index < -0.39 is 0 Å². The van der Waals surface area contributed by atoms with Crippen LogP contribution in [0.25, 0.3) is 5.69 Å². The Kier molecular flexibility index (Phi) is 4.16. The summed E-state index contributed by atoms with van der Waals surface area (Å²) in [4.78, 5) is 23.9. The summed E-state index contributed by atoms with van der Waals surface area (Å²) in [5.41, 5.74) is 3.52. The summed E-state index contributed by atoms with van der Waals surface area (Å²) in [6.45, 7) is 3.75. The number of hydrogen-bond acceptors (Lipinski definition) is 4. The highest BCUT2D eigenvalue weighted by Crippen LogP contribution is 2.23. The summed E-state index contributed by atoms with van der Waals surface area (Å²) in [6.07, 6.45) is 0.643. The Morgan fingerprint density at radius 3 is 2.54 bits per heavy atom. The van der Waals surface area contributed by atoms with Gasteiger partial charge in [-0.2, -0.15) is 10.2 Å². The molecular weight excluding hydrogens is 306 g/mol. The van der Waals surface area contributed by atoms with E-state index in [4.69, 9.17) is 0 Å². The number of carbonyl (C=O) groups excluding carboxylic acids is 2. The molecule has 0 fully saturated rings. The number of rotatable bonds is 3. The van der Waals surface area contributed by atoms with Crippen LogP contribution in [-0.4, -0.2) is 39.4 Å². The van der Waals surface area contributed by atoms with Gasteiger partial charge in [-0.25, -0.2) is 9.69 Å². The van der Waals surface area contributed by atoms with Gasteiger partial charge in [-0.05, 0) is 26.0 Å². The fraction of sp³-hybridized carbons (Fsp3) is 0.294. The van der Waals surface area contributed by atoms with Gasteiger partial charge in [-0.3, -0.25) is 9.59 Å². The molecule has 0 saturated heterocycles. The van der Waals surface area contributed by atoms with Gasteiger partial charge in [0, 0.05) is 19.9 Å². The van der Waals surface area contributed by atoms with Crippen LogP contribution in [-0.2, 0) is 9.59 Å². The number of aryl methyl sites for hydroxylation is 1. The largest absolute Gasteiger partial charge is 0.318 e. The molecule has 0 atom stereocenters. The summed E-state index contributed by atoms with van der Waals surface area (Å²) in [7, 11) is 1.55. The maximum atomic E-state index is 12.5. The Morgan fingerprint density at radius 2 is 1.88 bits per heavy atom. The van der Waals surface area contributed by atoms with Gasteiger partial charge in [0.15, 0.2) is 0 Å². The number of para-hydroxylation sites is 1. The topological polar surface area (TPSA) is 79.6 Å². The highest BCUT2D eigenvalue weighted by Gasteiger charge is 2.24. The van der Waals surface area contributed by atoms with Crippen LogP contribution in [0.1, 0.15) is 24.2 Å². The SMILES string of the molecule is Cc1nn(-c2ccccc2)c(C)c1NC(=O)C1=NN(C)C(=O)CC1. The summed E-state index contributed by atoms with van der Waals surface area (Å²) in [5, 5.41) is 12.6. The predicted molar refractivity (Wildman–Crippen MR) is 91.1 cm³/mol. The van der Waals surface area contributed by atoms with E-state index in [0.717, 1.165) is 17.1 Å². The summed E-state index contributed by atoms with van der Waals surface area (Å²) in [6, 6.07) is 9.73. The fourth-order valence-electron chi connectivity index (χ4n) is 2.66. The predicted octanol–water partition coefficient (Wildman–Crippen LogP) is 2.04. The minimum atomic E-state index is -0.298. The lowest BCUT2D eigenvalue weighted by Gasteiger charge is -2.19. The molecule has 0 saturated carbocycles. The van der Waals surface area contributed by atoms with Crippen LogP contribution in [0.5, 0.6) is 0 Å². The lowest BCUT2D eigenvalue weighted by atomic mass is 10.1. The maximum Gasteiger partial charge on any atom is 0.271 e. The van der Waals surface area contributed by atoms with Crippen molar-refractivity contribution in [3.05, 3.63) is 41.7 Å². The Hall–Kier alpha value is -2.96. The molecule has 3 rings (SSSR count). The van der Waals surface area contributed by atoms with Gasteiger partial charge >= 0.3 is 0 Å². The fourth-order valence-corrected chi connectivity index (χ4v) is 2.66. The second-order valence-corrected chi connectivity index (χ2v) is 5.71. The minimum Gasteiger partial charge on any atom is -0.318 e. The van der Waals surface area contributed by atoms with Gasteiger partial charge in [0.25, 0.3) is 5.91 Å². The van der Waals surface area contributed by atoms with E-state index in [0.29, 0.717) is 24.2 Å². The van der Waals surface area contributed by atoms with Crippen molar-refractivity contribution in [3.8, 4) is 5.69 Å². The van der Waals surface area contributed by atoms with E-state index in [2.05, 4.69) is 15.5 Å². The molecule has 7 heteroatoms. The highest BCUT2D eigenvalue weighted by molar-refractivity contribution is 6.43. The van der Waals surface area contributed by atoms with E-state index in [9.17, 15) is 9.59 Å². The Bertz CT molecular complexity index is 823. The lowest BCUT2D eigenvalue weighted by molar-refractivity contribution is -0.130. The molecule has 2 amide bonds. The molecule has 1 aromatic heterocycles. The van der Waals surface area contributed by atoms with Crippen LogP contribution in [0.3, 0.4) is 0 Å². The number of amides is 2. The van der Waals surface area contributed by atoms with Crippen LogP contribution in [0.2, 0.25) is 0 Å². The molecule has 2 heterocycles. The first-order chi connectivity index (χ1) is 11.5. The average Bonchev–Trinajstić information content (AvgIpc) is 2.86. The van der Waals surface area contributed by atoms with Crippen molar-refractivity contribution in [2.45, 2.75) is 26.7 Å². The van der Waals surface area contributed by atoms with Gasteiger partial charge in [0.1, 0.15) is 5.71 Å². The van der Waals surface area contributed by atoms with Gasteiger partial charge in [-0.1, -0.05) is 18.2 Å². The molecule has 0 radical (unpaired) electrons. The number of hydrogen-bond donors (Lipinski definition) is 1. The third-order valence-corrected chi connectivity index (χ3v) is 4.00. The van der Waals surface area contributed by atoms with E-state index >= 15 is 0 Å². The van der Waals surface area contributed by atoms with E-state index in [1.54, 1.807) is 11.7 Å². The number of aromatic nitrogens is 2. The van der Waals surface area contributed by atoms with Crippen LogP contribution in [0.15, 0.2) is 35.4 Å². The normalized spacial score (nSPS) is 14.5. The van der Waals surface area contributed by atoms with E-state index in [-0.39, 0.29) is 11.8 Å². The number of benzene rings is 1. The smallest absolute Gasteiger partial charge is 0.271 e. The van der Waals surface area contributed by atoms with Crippen molar-refractivity contribution in [2.75, 3.05) is 12.4 Å². The first kappa shape index (κ1) is 15.9. The second kappa shape index (κ2) is 6.27. The molecule has 124 valence electrons. The average molecular weight is 325 g/mol. The quantitative estimate of drug-likeness (QED) is 0.938. The molecule has 1 aliphatic rings. The van der Waals surface area contributed by atoms with Crippen molar-refractivity contribution < 1.29 is 9.59 Å². The van der Waals surface area contributed by atoms with Crippen molar-refractivity contribution in [3.63, 3.8) is 0 Å². The molecule has 0 bridgehead atoms. The Morgan fingerprint density at radius 1 is 1.17 bits per heavy atom. The van der Waals surface area contributed by atoms with Gasteiger partial charge < -0.3 is 5.32 Å². The van der Waals surface area contributed by atoms with Crippen molar-refractivity contribution >= 4 is 23.2 Å². The van der Waals surface area contributed by atoms with Gasteiger partial charge in [0.05, 0.1) is 22.8 Å². The summed E-state index contributed by atoms with van der Waals surface area (Å²) >= 11 is 0. The zero-order valence-electron chi connectivity index (χ0n) is 13.9. The van der Waals surface area contributed by atoms with Crippen molar-refractivity contribution in [2.24, 2.45) is 5.10 Å². The van der Waals surface area contributed by atoms with Gasteiger partial charge in [0.2, 0.25) is 5.91 Å². The molecule has 2 aromatic rings. The van der Waals surface area contributed by atoms with E-state index in [1.807, 2.05) is 44.2 Å². The molecule has 1 aliphatic heterocycles. The molecule has 7 nitrogen and oxygen atoms in total. The molecule has 0 unspecified atom stereocenters. The number of nitrogens with zero attached hydrogens (tertiary/aromatic N) is 4. The lowest BCUT2D eigenvalue weighted by Crippen LogP contribution is -2.34. The maximum absolute atomic E-state index is 12.5. The molecule has 0 aliphatic carbocycles. The van der Waals surface area contributed by atoms with E-state index in [1.165, 1.54) is 5.01 Å². The van der Waals surface area contributed by atoms with Crippen LogP contribution in [0.4, 0.5) is 5.69 Å². The third kappa shape index (κ3) is 2.92. The zero-order valence-corrected chi connectivity index (χ0v) is 13.9. The number of hydrazone groups is 1. The third-order valence-electron chi connectivity index (χ3n) is 4.00. The Labute approximate surface area is 140 Å². The standard InChI is InChI=1S/C17H19N5O2/c1-11-16(12(2)22(19-11)13-7-5-4-6-8-13)18-17(24)14-9-10-15(23)21(3)20-14/h4-8H,9-10H2,1-3H3,(H,18,24). The molecule has 1 N–H and O–H groups in total. The number of carbonyl (C=O) groups is 2. The van der Waals surface area contributed by atoms with Crippen molar-refractivity contribution in [1.29, 1.82) is 0 Å². The van der Waals surface area contributed by atoms with Crippen LogP contribution < -0.4 is 5.32 Å². The minimum absolute atomic E-state index is 0.0872. The first-order valence-corrected chi connectivity index (χ1v) is 7.74. The number of anilines is 1. The Balaban J connectivity index is 1.86. The first-order valence-electron chi connectivity index (χ1n) is 7.74. The monoisotopic (exact) mass is 325 g/mol. The van der Waals surface area contributed by atoms with Crippen molar-refractivity contribution in [1.82, 2.24) is 14.8 Å². The molecule has 1 aromatic carbocycles. The van der Waals surface area contributed by atoms with Crippen LogP contribution >= 0.6 is 0 Å². The second-order valence-electron chi connectivity index (χ2n) is 5.71. The molecular formula is C17H19N5O2. The molecule has 24 heavy (non-hydrogen) atoms. The summed E-state index contributed by atoms with van der Waals surface area (Å²) < 4.78 is 1.79. The van der Waals surface area contributed by atoms with Crippen LogP contribution in [0, 0.1) is 13.8 Å². The molecule has 0 spiro atoms.